The van der Waals surface area contributed by atoms with E-state index in [1.807, 2.05) is 24.1 Å². The van der Waals surface area contributed by atoms with Crippen LogP contribution in [-0.2, 0) is 14.3 Å². The van der Waals surface area contributed by atoms with Crippen LogP contribution in [0.15, 0.2) is 30.7 Å². The van der Waals surface area contributed by atoms with Crippen LogP contribution in [-0.4, -0.2) is 103 Å². The number of carbonyl (C=O) groups is 1. The number of hydrogen-bond acceptors (Lipinski definition) is 8. The zero-order chi connectivity index (χ0) is 25.9. The van der Waals surface area contributed by atoms with Crippen molar-refractivity contribution in [2.45, 2.75) is 31.5 Å². The lowest BCUT2D eigenvalue weighted by atomic mass is 9.85. The zero-order valence-corrected chi connectivity index (χ0v) is 21.6. The van der Waals surface area contributed by atoms with Crippen molar-refractivity contribution >= 4 is 22.6 Å². The number of hydrogen-bond donors (Lipinski definition) is 1. The molecule has 37 heavy (non-hydrogen) atoms. The van der Waals surface area contributed by atoms with Gasteiger partial charge in [0, 0.05) is 51.2 Å². The van der Waals surface area contributed by atoms with E-state index < -0.39 is 12.3 Å². The minimum absolute atomic E-state index is 0.157. The first-order valence-electron chi connectivity index (χ1n) is 12.7. The van der Waals surface area contributed by atoms with Gasteiger partial charge in [-0.1, -0.05) is 0 Å². The lowest BCUT2D eigenvalue weighted by Crippen LogP contribution is -2.49. The molecule has 1 amide bonds. The number of morpholine rings is 1. The Morgan fingerprint density at radius 2 is 2.05 bits per heavy atom. The molecule has 1 N–H and O–H groups in total. The number of nitrogens with one attached hydrogen (secondary N) is 1. The molecule has 2 aliphatic rings. The van der Waals surface area contributed by atoms with Gasteiger partial charge in [0.15, 0.2) is 11.9 Å². The Kier molecular flexibility index (Phi) is 7.63. The number of fused-ring (bicyclic) bond motifs is 1. The smallest absolute Gasteiger partial charge is 0.250 e. The van der Waals surface area contributed by atoms with Gasteiger partial charge in [0.1, 0.15) is 18.3 Å². The fourth-order valence-electron chi connectivity index (χ4n) is 5.33. The van der Waals surface area contributed by atoms with E-state index in [9.17, 15) is 4.79 Å². The van der Waals surface area contributed by atoms with E-state index in [1.165, 1.54) is 6.33 Å². The van der Waals surface area contributed by atoms with Crippen molar-refractivity contribution in [2.24, 2.45) is 0 Å². The number of likely N-dealkylation sites (N-methyl/N-ethyl adjacent to an activating group) is 1. The topological polar surface area (TPSA) is 97.6 Å². The van der Waals surface area contributed by atoms with Gasteiger partial charge < -0.3 is 19.7 Å². The molecule has 10 nitrogen and oxygen atoms in total. The maximum absolute atomic E-state index is 15.3. The summed E-state index contributed by atoms with van der Waals surface area (Å²) in [5.74, 6) is 0.993. The fraction of sp³-hybridized carbons (Fsp3) is 0.538. The minimum Gasteiger partial charge on any atom is -0.383 e. The second kappa shape index (κ2) is 11.1. The molecule has 2 fully saturated rings. The highest BCUT2D eigenvalue weighted by Gasteiger charge is 2.32. The Bertz CT molecular complexity index is 1250. The molecule has 2 aromatic heterocycles. The monoisotopic (exact) mass is 511 g/mol. The van der Waals surface area contributed by atoms with Crippen molar-refractivity contribution in [1.82, 2.24) is 30.0 Å². The van der Waals surface area contributed by atoms with Crippen LogP contribution in [0.5, 0.6) is 0 Å². The first-order chi connectivity index (χ1) is 18.0. The molecule has 3 atom stereocenters. The summed E-state index contributed by atoms with van der Waals surface area (Å²) in [5, 5.41) is 8.22. The van der Waals surface area contributed by atoms with Crippen LogP contribution in [0.3, 0.4) is 0 Å². The van der Waals surface area contributed by atoms with Crippen LogP contribution in [0.25, 0.3) is 16.7 Å². The van der Waals surface area contributed by atoms with E-state index in [4.69, 9.17) is 9.47 Å². The van der Waals surface area contributed by atoms with Gasteiger partial charge >= 0.3 is 0 Å². The molecule has 2 saturated heterocycles. The van der Waals surface area contributed by atoms with Gasteiger partial charge in [-0.15, -0.1) is 0 Å². The van der Waals surface area contributed by atoms with Gasteiger partial charge in [0.05, 0.1) is 31.5 Å². The third kappa shape index (κ3) is 5.29. The van der Waals surface area contributed by atoms with E-state index in [2.05, 4.69) is 37.4 Å². The quantitative estimate of drug-likeness (QED) is 0.513. The molecule has 0 saturated carbocycles. The fourth-order valence-corrected chi connectivity index (χ4v) is 5.33. The number of aromatic nitrogens is 4. The number of aryl methyl sites for hydroxylation is 1. The Labute approximate surface area is 215 Å². The third-order valence-corrected chi connectivity index (χ3v) is 7.38. The van der Waals surface area contributed by atoms with E-state index in [-0.39, 0.29) is 11.8 Å². The molecule has 1 aromatic carbocycles. The number of alkyl halides is 1. The van der Waals surface area contributed by atoms with Crippen LogP contribution in [0.2, 0.25) is 0 Å². The third-order valence-electron chi connectivity index (χ3n) is 7.38. The molecule has 11 heteroatoms. The highest BCUT2D eigenvalue weighted by Crippen LogP contribution is 2.35. The standard InChI is InChI=1S/C26H34FN7O3/c1-17-10-18-13-31-34(22(18)11-20(17)19-4-5-32(6-8-36-3)14-21(19)27)25-12-24(29-16-30-25)33-7-9-37-23(15-33)26(35)28-2/h10-13,16,19,21,23H,4-9,14-15H2,1-3H3,(H,28,35)/t19-,21-,23?/m1/s1. The SMILES string of the molecule is CNC(=O)C1CN(c2cc(-n3ncc4cc(C)c([C@H]5CCN(CCOC)C[C@H]5F)cc43)ncn2)CCO1. The van der Waals surface area contributed by atoms with E-state index in [0.717, 1.165) is 41.5 Å². The Morgan fingerprint density at radius 3 is 2.84 bits per heavy atom. The van der Waals surface area contributed by atoms with Gasteiger partial charge in [0.25, 0.3) is 5.91 Å². The lowest BCUT2D eigenvalue weighted by Gasteiger charge is -2.35. The summed E-state index contributed by atoms with van der Waals surface area (Å²) in [6.07, 6.45) is 2.57. The summed E-state index contributed by atoms with van der Waals surface area (Å²) < 4.78 is 27.9. The number of nitrogens with zero attached hydrogens (tertiary/aromatic N) is 6. The van der Waals surface area contributed by atoms with E-state index >= 15 is 4.39 Å². The maximum atomic E-state index is 15.3. The summed E-state index contributed by atoms with van der Waals surface area (Å²) in [7, 11) is 3.27. The number of likely N-dealkylation sites (tertiary alicyclic amines) is 1. The van der Waals surface area contributed by atoms with Crippen LogP contribution in [0.4, 0.5) is 10.2 Å². The number of ether oxygens (including phenoxy) is 2. The summed E-state index contributed by atoms with van der Waals surface area (Å²) >= 11 is 0. The second-order valence-corrected chi connectivity index (χ2v) is 9.68. The maximum Gasteiger partial charge on any atom is 0.250 e. The Hall–Kier alpha value is -3.15. The number of methoxy groups -OCH3 is 1. The van der Waals surface area contributed by atoms with Crippen molar-refractivity contribution in [2.75, 3.05) is 65.0 Å². The molecule has 2 aliphatic heterocycles. The van der Waals surface area contributed by atoms with Crippen LogP contribution < -0.4 is 10.2 Å². The predicted molar refractivity (Wildman–Crippen MR) is 138 cm³/mol. The van der Waals surface area contributed by atoms with Crippen LogP contribution in [0, 0.1) is 6.92 Å². The number of carbonyl (C=O) groups excluding carboxylic acids is 1. The molecule has 4 heterocycles. The summed E-state index contributed by atoms with van der Waals surface area (Å²) in [4.78, 5) is 25.1. The first kappa shape index (κ1) is 25.5. The van der Waals surface area contributed by atoms with Crippen molar-refractivity contribution < 1.29 is 18.7 Å². The number of benzene rings is 1. The van der Waals surface area contributed by atoms with Gasteiger partial charge in [-0.05, 0) is 43.1 Å². The summed E-state index contributed by atoms with van der Waals surface area (Å²) in [6.45, 7) is 6.11. The first-order valence-corrected chi connectivity index (χ1v) is 12.7. The molecular formula is C26H34FN7O3. The van der Waals surface area contributed by atoms with E-state index in [1.54, 1.807) is 18.8 Å². The average molecular weight is 512 g/mol. The summed E-state index contributed by atoms with van der Waals surface area (Å²) in [5.41, 5.74) is 2.97. The molecule has 5 rings (SSSR count). The zero-order valence-electron chi connectivity index (χ0n) is 21.6. The predicted octanol–water partition coefficient (Wildman–Crippen LogP) is 1.85. The molecular weight excluding hydrogens is 477 g/mol. The Balaban J connectivity index is 1.41. The molecule has 0 aliphatic carbocycles. The van der Waals surface area contributed by atoms with E-state index in [0.29, 0.717) is 44.5 Å². The molecule has 0 radical (unpaired) electrons. The molecule has 0 bridgehead atoms. The van der Waals surface area contributed by atoms with Crippen LogP contribution in [0.1, 0.15) is 23.5 Å². The summed E-state index contributed by atoms with van der Waals surface area (Å²) in [6, 6.07) is 6.01. The number of amides is 1. The minimum atomic E-state index is -0.946. The lowest BCUT2D eigenvalue weighted by molar-refractivity contribution is -0.132. The van der Waals surface area contributed by atoms with Crippen LogP contribution >= 0.6 is 0 Å². The normalized spacial score (nSPS) is 22.9. The van der Waals surface area contributed by atoms with Crippen molar-refractivity contribution in [3.05, 3.63) is 41.9 Å². The van der Waals surface area contributed by atoms with Crippen molar-refractivity contribution in [1.29, 1.82) is 0 Å². The number of piperidine rings is 1. The largest absolute Gasteiger partial charge is 0.383 e. The van der Waals surface area contributed by atoms with Gasteiger partial charge in [0.2, 0.25) is 0 Å². The average Bonchev–Trinajstić information content (AvgIpc) is 3.34. The number of anilines is 1. The Morgan fingerprint density at radius 1 is 1.22 bits per heavy atom. The second-order valence-electron chi connectivity index (χ2n) is 9.68. The molecule has 0 spiro atoms. The van der Waals surface area contributed by atoms with Crippen molar-refractivity contribution in [3.63, 3.8) is 0 Å². The highest BCUT2D eigenvalue weighted by molar-refractivity contribution is 5.82. The van der Waals surface area contributed by atoms with Gasteiger partial charge in [-0.3, -0.25) is 9.69 Å². The molecule has 3 aromatic rings. The van der Waals surface area contributed by atoms with Gasteiger partial charge in [-0.25, -0.2) is 19.0 Å². The van der Waals surface area contributed by atoms with Crippen molar-refractivity contribution in [3.8, 4) is 5.82 Å². The number of halogens is 1. The van der Waals surface area contributed by atoms with Gasteiger partial charge in [-0.2, -0.15) is 5.10 Å². The molecule has 198 valence electrons. The number of rotatable bonds is 7. The highest BCUT2D eigenvalue weighted by atomic mass is 19.1. The molecule has 1 unspecified atom stereocenters.